The molecule has 0 amide bonds. The highest BCUT2D eigenvalue weighted by atomic mass is 79.9. The summed E-state index contributed by atoms with van der Waals surface area (Å²) in [6.45, 7) is 0. The van der Waals surface area contributed by atoms with Crippen LogP contribution < -0.4 is 5.32 Å². The standard InChI is InChI=1S/C10H6BrClFN3/c11-6-2-1-3-7(13)10(6)16-9-4-8(12)14-5-15-9/h1-5H,(H,14,15,16). The van der Waals surface area contributed by atoms with Gasteiger partial charge in [-0.25, -0.2) is 14.4 Å². The second-order valence-corrected chi connectivity index (χ2v) is 4.19. The third kappa shape index (κ3) is 2.48. The lowest BCUT2D eigenvalue weighted by Gasteiger charge is -2.08. The van der Waals surface area contributed by atoms with Crippen LogP contribution in [-0.2, 0) is 0 Å². The molecule has 82 valence electrons. The molecule has 0 saturated carbocycles. The van der Waals surface area contributed by atoms with Gasteiger partial charge in [-0.1, -0.05) is 17.7 Å². The van der Waals surface area contributed by atoms with Crippen molar-refractivity contribution in [2.45, 2.75) is 0 Å². The molecule has 0 unspecified atom stereocenters. The normalized spacial score (nSPS) is 10.2. The van der Waals surface area contributed by atoms with E-state index in [-0.39, 0.29) is 5.82 Å². The molecule has 6 heteroatoms. The lowest BCUT2D eigenvalue weighted by molar-refractivity contribution is 0.631. The average Bonchev–Trinajstić information content (AvgIpc) is 2.24. The van der Waals surface area contributed by atoms with Crippen LogP contribution in [0.1, 0.15) is 0 Å². The average molecular weight is 303 g/mol. The number of nitrogens with zero attached hydrogens (tertiary/aromatic N) is 2. The van der Waals surface area contributed by atoms with E-state index in [0.717, 1.165) is 0 Å². The van der Waals surface area contributed by atoms with E-state index in [1.54, 1.807) is 12.1 Å². The Hall–Kier alpha value is -1.20. The van der Waals surface area contributed by atoms with Crippen LogP contribution in [0.4, 0.5) is 15.9 Å². The van der Waals surface area contributed by atoms with Crippen LogP contribution in [0.25, 0.3) is 0 Å². The van der Waals surface area contributed by atoms with Crippen molar-refractivity contribution in [3.63, 3.8) is 0 Å². The van der Waals surface area contributed by atoms with Crippen molar-refractivity contribution < 1.29 is 4.39 Å². The van der Waals surface area contributed by atoms with E-state index in [1.807, 2.05) is 0 Å². The quantitative estimate of drug-likeness (QED) is 0.858. The zero-order valence-electron chi connectivity index (χ0n) is 7.92. The van der Waals surface area contributed by atoms with Crippen LogP contribution in [0.5, 0.6) is 0 Å². The summed E-state index contributed by atoms with van der Waals surface area (Å²) in [5, 5.41) is 3.12. The fourth-order valence-electron chi connectivity index (χ4n) is 1.15. The third-order valence-electron chi connectivity index (χ3n) is 1.85. The molecule has 0 aliphatic carbocycles. The zero-order valence-corrected chi connectivity index (χ0v) is 10.3. The molecule has 1 heterocycles. The molecule has 2 rings (SSSR count). The first-order valence-electron chi connectivity index (χ1n) is 4.35. The van der Waals surface area contributed by atoms with Gasteiger partial charge in [-0.2, -0.15) is 0 Å². The number of hydrogen-bond donors (Lipinski definition) is 1. The summed E-state index contributed by atoms with van der Waals surface area (Å²) in [7, 11) is 0. The van der Waals surface area contributed by atoms with Gasteiger partial charge in [-0.15, -0.1) is 0 Å². The van der Waals surface area contributed by atoms with Crippen molar-refractivity contribution in [1.29, 1.82) is 0 Å². The Morgan fingerprint density at radius 2 is 2.12 bits per heavy atom. The Kier molecular flexibility index (Phi) is 3.36. The lowest BCUT2D eigenvalue weighted by Crippen LogP contribution is -1.97. The van der Waals surface area contributed by atoms with E-state index in [9.17, 15) is 4.39 Å². The fraction of sp³-hybridized carbons (Fsp3) is 0. The Balaban J connectivity index is 2.34. The largest absolute Gasteiger partial charge is 0.337 e. The van der Waals surface area contributed by atoms with Crippen molar-refractivity contribution >= 4 is 39.0 Å². The molecule has 16 heavy (non-hydrogen) atoms. The highest BCUT2D eigenvalue weighted by molar-refractivity contribution is 9.10. The van der Waals surface area contributed by atoms with Gasteiger partial charge in [0.1, 0.15) is 23.1 Å². The monoisotopic (exact) mass is 301 g/mol. The fourth-order valence-corrected chi connectivity index (χ4v) is 1.74. The number of para-hydroxylation sites is 1. The maximum absolute atomic E-state index is 13.5. The van der Waals surface area contributed by atoms with Gasteiger partial charge in [0.2, 0.25) is 0 Å². The zero-order chi connectivity index (χ0) is 11.5. The SMILES string of the molecule is Fc1cccc(Br)c1Nc1cc(Cl)ncn1. The Bertz CT molecular complexity index is 501. The Labute approximate surface area is 105 Å². The first kappa shape index (κ1) is 11.3. The predicted molar refractivity (Wildman–Crippen MR) is 64.4 cm³/mol. The minimum atomic E-state index is -0.371. The first-order chi connectivity index (χ1) is 7.66. The van der Waals surface area contributed by atoms with Gasteiger partial charge >= 0.3 is 0 Å². The van der Waals surface area contributed by atoms with Crippen molar-refractivity contribution in [2.75, 3.05) is 5.32 Å². The molecule has 0 bridgehead atoms. The number of aromatic nitrogens is 2. The number of benzene rings is 1. The van der Waals surface area contributed by atoms with Gasteiger partial charge in [0.05, 0.1) is 5.69 Å². The van der Waals surface area contributed by atoms with Gasteiger partial charge in [0, 0.05) is 10.5 Å². The van der Waals surface area contributed by atoms with Gasteiger partial charge in [0.25, 0.3) is 0 Å². The summed E-state index contributed by atoms with van der Waals surface area (Å²) < 4.78 is 14.1. The summed E-state index contributed by atoms with van der Waals surface area (Å²) in [6, 6.07) is 6.21. The molecule has 1 aromatic carbocycles. The molecule has 0 saturated heterocycles. The minimum Gasteiger partial charge on any atom is -0.337 e. The minimum absolute atomic E-state index is 0.296. The lowest BCUT2D eigenvalue weighted by atomic mass is 10.3. The molecule has 0 spiro atoms. The number of rotatable bonds is 2. The third-order valence-corrected chi connectivity index (χ3v) is 2.72. The summed E-state index contributed by atoms with van der Waals surface area (Å²) in [6.07, 6.45) is 1.30. The van der Waals surface area contributed by atoms with Crippen LogP contribution in [0.3, 0.4) is 0 Å². The van der Waals surface area contributed by atoms with Gasteiger partial charge in [0.15, 0.2) is 0 Å². The molecular weight excluding hydrogens is 296 g/mol. The molecule has 1 aromatic heterocycles. The maximum Gasteiger partial charge on any atom is 0.147 e. The van der Waals surface area contributed by atoms with Crippen LogP contribution >= 0.6 is 27.5 Å². The van der Waals surface area contributed by atoms with Crippen LogP contribution in [0.15, 0.2) is 35.1 Å². The second kappa shape index (κ2) is 4.76. The molecule has 0 radical (unpaired) electrons. The molecule has 2 aromatic rings. The number of nitrogens with one attached hydrogen (secondary N) is 1. The van der Waals surface area contributed by atoms with E-state index in [2.05, 4.69) is 31.2 Å². The predicted octanol–water partition coefficient (Wildman–Crippen LogP) is 3.78. The van der Waals surface area contributed by atoms with Crippen molar-refractivity contribution in [1.82, 2.24) is 9.97 Å². The summed E-state index contributed by atoms with van der Waals surface area (Å²) in [5.41, 5.74) is 0.317. The van der Waals surface area contributed by atoms with E-state index in [0.29, 0.717) is 21.1 Å². The molecule has 1 N–H and O–H groups in total. The van der Waals surface area contributed by atoms with Crippen molar-refractivity contribution in [3.05, 3.63) is 46.0 Å². The van der Waals surface area contributed by atoms with Crippen LogP contribution in [-0.4, -0.2) is 9.97 Å². The number of halogens is 3. The van der Waals surface area contributed by atoms with E-state index in [4.69, 9.17) is 11.6 Å². The second-order valence-electron chi connectivity index (χ2n) is 2.95. The van der Waals surface area contributed by atoms with Crippen molar-refractivity contribution in [2.24, 2.45) is 0 Å². The summed E-state index contributed by atoms with van der Waals surface area (Å²) in [5.74, 6) is 0.0647. The Morgan fingerprint density at radius 3 is 2.81 bits per heavy atom. The molecule has 0 aliphatic rings. The summed E-state index contributed by atoms with van der Waals surface area (Å²) >= 11 is 8.94. The van der Waals surface area contributed by atoms with Crippen LogP contribution in [0.2, 0.25) is 5.15 Å². The number of hydrogen-bond acceptors (Lipinski definition) is 3. The number of anilines is 2. The molecule has 0 aliphatic heterocycles. The van der Waals surface area contributed by atoms with Gasteiger partial charge < -0.3 is 5.32 Å². The molecule has 0 fully saturated rings. The van der Waals surface area contributed by atoms with E-state index >= 15 is 0 Å². The van der Waals surface area contributed by atoms with Gasteiger partial charge in [-0.3, -0.25) is 0 Å². The highest BCUT2D eigenvalue weighted by Gasteiger charge is 2.07. The van der Waals surface area contributed by atoms with E-state index < -0.39 is 0 Å². The smallest absolute Gasteiger partial charge is 0.147 e. The topological polar surface area (TPSA) is 37.8 Å². The maximum atomic E-state index is 13.5. The van der Waals surface area contributed by atoms with E-state index in [1.165, 1.54) is 18.5 Å². The van der Waals surface area contributed by atoms with Gasteiger partial charge in [-0.05, 0) is 28.1 Å². The Morgan fingerprint density at radius 1 is 1.31 bits per heavy atom. The molecular formula is C10H6BrClFN3. The van der Waals surface area contributed by atoms with Crippen LogP contribution in [0, 0.1) is 5.82 Å². The first-order valence-corrected chi connectivity index (χ1v) is 5.52. The molecule has 3 nitrogen and oxygen atoms in total. The van der Waals surface area contributed by atoms with Crippen molar-refractivity contribution in [3.8, 4) is 0 Å². The summed E-state index contributed by atoms with van der Waals surface area (Å²) in [4.78, 5) is 7.66. The highest BCUT2D eigenvalue weighted by Crippen LogP contribution is 2.27. The molecule has 0 atom stereocenters.